The number of alkyl carbamates (subject to hydrolysis) is 1. The van der Waals surface area contributed by atoms with Crippen molar-refractivity contribution < 1.29 is 24.2 Å². The molecule has 3 aromatic carbocycles. The molecule has 4 rings (SSSR count). The van der Waals surface area contributed by atoms with E-state index >= 15 is 0 Å². The number of amides is 2. The van der Waals surface area contributed by atoms with E-state index in [4.69, 9.17) is 4.74 Å². The number of carbonyl (C=O) groups excluding carboxylic acids is 2. The minimum Gasteiger partial charge on any atom is -0.481 e. The Morgan fingerprint density at radius 3 is 2.03 bits per heavy atom. The lowest BCUT2D eigenvalue weighted by Gasteiger charge is -2.20. The fourth-order valence-corrected chi connectivity index (χ4v) is 4.49. The average molecular weight is 473 g/mol. The molecule has 2 amide bonds. The van der Waals surface area contributed by atoms with Crippen LogP contribution >= 0.6 is 0 Å². The van der Waals surface area contributed by atoms with Crippen LogP contribution in [0.5, 0.6) is 0 Å². The van der Waals surface area contributed by atoms with Gasteiger partial charge in [0.15, 0.2) is 0 Å². The summed E-state index contributed by atoms with van der Waals surface area (Å²) >= 11 is 0. The van der Waals surface area contributed by atoms with Gasteiger partial charge in [-0.2, -0.15) is 0 Å². The van der Waals surface area contributed by atoms with Gasteiger partial charge in [0.05, 0.1) is 5.92 Å². The number of carbonyl (C=O) groups is 3. The van der Waals surface area contributed by atoms with Crippen molar-refractivity contribution in [3.05, 3.63) is 95.6 Å². The Hall–Kier alpha value is -4.13. The molecule has 0 aliphatic heterocycles. The lowest BCUT2D eigenvalue weighted by Crippen LogP contribution is -2.48. The molecule has 0 saturated heterocycles. The van der Waals surface area contributed by atoms with Gasteiger partial charge in [-0.1, -0.05) is 85.8 Å². The zero-order valence-corrected chi connectivity index (χ0v) is 19.4. The van der Waals surface area contributed by atoms with Gasteiger partial charge in [0.1, 0.15) is 12.6 Å². The number of rotatable bonds is 9. The molecule has 35 heavy (non-hydrogen) atoms. The highest BCUT2D eigenvalue weighted by Crippen LogP contribution is 2.44. The summed E-state index contributed by atoms with van der Waals surface area (Å²) in [6.07, 6.45) is -0.356. The molecule has 2 unspecified atom stereocenters. The number of ether oxygens (including phenoxy) is 1. The van der Waals surface area contributed by atoms with E-state index in [0.29, 0.717) is 12.0 Å². The second-order valence-corrected chi connectivity index (χ2v) is 8.48. The van der Waals surface area contributed by atoms with Crippen LogP contribution < -0.4 is 10.6 Å². The molecule has 3 N–H and O–H groups in total. The normalized spacial score (nSPS) is 13.7. The van der Waals surface area contributed by atoms with Crippen molar-refractivity contribution in [3.63, 3.8) is 0 Å². The number of carboxylic acids is 1. The summed E-state index contributed by atoms with van der Waals surface area (Å²) in [5.41, 5.74) is 5.07. The summed E-state index contributed by atoms with van der Waals surface area (Å²) in [6, 6.07) is 24.0. The Balaban J connectivity index is 1.34. The van der Waals surface area contributed by atoms with E-state index in [1.165, 1.54) is 0 Å². The largest absolute Gasteiger partial charge is 0.481 e. The maximum atomic E-state index is 12.7. The minimum atomic E-state index is -1.03. The van der Waals surface area contributed by atoms with Crippen LogP contribution in [0.25, 0.3) is 11.1 Å². The number of fused-ring (bicyclic) bond motifs is 3. The van der Waals surface area contributed by atoms with E-state index < -0.39 is 29.9 Å². The first kappa shape index (κ1) is 24.0. The molecular formula is C28H28N2O5. The molecule has 7 heteroatoms. The van der Waals surface area contributed by atoms with Gasteiger partial charge in [-0.25, -0.2) is 4.79 Å². The number of carboxylic acid groups (broad SMARTS) is 1. The van der Waals surface area contributed by atoms with Gasteiger partial charge in [-0.3, -0.25) is 9.59 Å². The molecule has 1 aliphatic carbocycles. The molecule has 1 aliphatic rings. The van der Waals surface area contributed by atoms with Gasteiger partial charge in [-0.05, 0) is 34.2 Å². The van der Waals surface area contributed by atoms with Crippen molar-refractivity contribution in [2.45, 2.75) is 31.2 Å². The Kier molecular flexibility index (Phi) is 7.45. The summed E-state index contributed by atoms with van der Waals surface area (Å²) < 4.78 is 5.53. The Labute approximate surface area is 204 Å². The molecular weight excluding hydrogens is 444 g/mol. The molecule has 180 valence electrons. The highest BCUT2D eigenvalue weighted by atomic mass is 16.5. The van der Waals surface area contributed by atoms with Crippen molar-refractivity contribution in [3.8, 4) is 11.1 Å². The maximum absolute atomic E-state index is 12.7. The van der Waals surface area contributed by atoms with Crippen LogP contribution in [0.4, 0.5) is 4.79 Å². The van der Waals surface area contributed by atoms with E-state index in [2.05, 4.69) is 22.8 Å². The molecule has 2 atom stereocenters. The first-order valence-corrected chi connectivity index (χ1v) is 11.7. The van der Waals surface area contributed by atoms with E-state index in [-0.39, 0.29) is 19.1 Å². The molecule has 0 saturated carbocycles. The third-order valence-electron chi connectivity index (χ3n) is 6.34. The number of benzene rings is 3. The summed E-state index contributed by atoms with van der Waals surface area (Å²) in [4.78, 5) is 36.9. The Morgan fingerprint density at radius 2 is 1.46 bits per heavy atom. The summed E-state index contributed by atoms with van der Waals surface area (Å²) in [5.74, 6) is -2.45. The minimum absolute atomic E-state index is 0.0794. The maximum Gasteiger partial charge on any atom is 0.407 e. The van der Waals surface area contributed by atoms with Gasteiger partial charge in [0, 0.05) is 12.5 Å². The van der Waals surface area contributed by atoms with Crippen LogP contribution in [0.3, 0.4) is 0 Å². The molecule has 3 aromatic rings. The predicted octanol–water partition coefficient (Wildman–Crippen LogP) is 4.29. The smallest absolute Gasteiger partial charge is 0.407 e. The molecule has 0 fully saturated rings. The number of hydrogen-bond donors (Lipinski definition) is 3. The highest BCUT2D eigenvalue weighted by molar-refractivity contribution is 5.86. The Morgan fingerprint density at radius 1 is 0.886 bits per heavy atom. The molecule has 0 aromatic heterocycles. The Bertz CT molecular complexity index is 1170. The van der Waals surface area contributed by atoms with Crippen molar-refractivity contribution >= 4 is 18.0 Å². The van der Waals surface area contributed by atoms with Crippen molar-refractivity contribution in [2.75, 3.05) is 13.2 Å². The van der Waals surface area contributed by atoms with Crippen LogP contribution in [-0.4, -0.2) is 42.3 Å². The van der Waals surface area contributed by atoms with Crippen LogP contribution in [0.2, 0.25) is 0 Å². The molecule has 7 nitrogen and oxygen atoms in total. The second kappa shape index (κ2) is 10.9. The second-order valence-electron chi connectivity index (χ2n) is 8.48. The van der Waals surface area contributed by atoms with Gasteiger partial charge in [0.2, 0.25) is 5.91 Å². The quantitative estimate of drug-likeness (QED) is 0.431. The topological polar surface area (TPSA) is 105 Å². The van der Waals surface area contributed by atoms with E-state index in [1.807, 2.05) is 36.4 Å². The van der Waals surface area contributed by atoms with Crippen LogP contribution in [-0.2, 0) is 14.3 Å². The number of aliphatic carboxylic acids is 1. The summed E-state index contributed by atoms with van der Waals surface area (Å²) in [6.45, 7) is 1.83. The zero-order valence-electron chi connectivity index (χ0n) is 19.4. The van der Waals surface area contributed by atoms with Gasteiger partial charge >= 0.3 is 12.1 Å². The predicted molar refractivity (Wildman–Crippen MR) is 132 cm³/mol. The molecule has 0 radical (unpaired) electrons. The fraction of sp³-hybridized carbons (Fsp3) is 0.250. The van der Waals surface area contributed by atoms with E-state index in [0.717, 1.165) is 22.3 Å². The standard InChI is InChI=1S/C28H28N2O5/c1-2-25(26(31)29-16-23(27(32)33)18-10-4-3-5-11-18)30-28(34)35-17-24-21-14-8-6-12-19(21)20-13-7-9-15-22(20)24/h3-15,23-25H,2,16-17H2,1H3,(H,29,31)(H,30,34)(H,32,33). The summed E-state index contributed by atoms with van der Waals surface area (Å²) in [7, 11) is 0. The lowest BCUT2D eigenvalue weighted by atomic mass is 9.98. The highest BCUT2D eigenvalue weighted by Gasteiger charge is 2.30. The van der Waals surface area contributed by atoms with Gasteiger partial charge in [-0.15, -0.1) is 0 Å². The monoisotopic (exact) mass is 472 g/mol. The number of nitrogens with one attached hydrogen (secondary N) is 2. The van der Waals surface area contributed by atoms with Crippen molar-refractivity contribution in [1.29, 1.82) is 0 Å². The number of hydrogen-bond acceptors (Lipinski definition) is 4. The van der Waals surface area contributed by atoms with Crippen LogP contribution in [0.15, 0.2) is 78.9 Å². The van der Waals surface area contributed by atoms with Gasteiger partial charge < -0.3 is 20.5 Å². The SMILES string of the molecule is CCC(NC(=O)OCC1c2ccccc2-c2ccccc21)C(=O)NCC(C(=O)O)c1ccccc1. The molecule has 0 spiro atoms. The lowest BCUT2D eigenvalue weighted by molar-refractivity contribution is -0.138. The molecule has 0 heterocycles. The van der Waals surface area contributed by atoms with E-state index in [1.54, 1.807) is 37.3 Å². The average Bonchev–Trinajstić information content (AvgIpc) is 3.20. The van der Waals surface area contributed by atoms with Crippen molar-refractivity contribution in [1.82, 2.24) is 10.6 Å². The third-order valence-corrected chi connectivity index (χ3v) is 6.34. The molecule has 0 bridgehead atoms. The first-order chi connectivity index (χ1) is 17.0. The fourth-order valence-electron chi connectivity index (χ4n) is 4.49. The first-order valence-electron chi connectivity index (χ1n) is 11.7. The van der Waals surface area contributed by atoms with Crippen LogP contribution in [0, 0.1) is 0 Å². The summed E-state index contributed by atoms with van der Waals surface area (Å²) in [5, 5.41) is 14.8. The van der Waals surface area contributed by atoms with E-state index in [9.17, 15) is 19.5 Å². The van der Waals surface area contributed by atoms with Crippen LogP contribution in [0.1, 0.15) is 41.9 Å². The van der Waals surface area contributed by atoms with Crippen molar-refractivity contribution in [2.24, 2.45) is 0 Å². The third kappa shape index (κ3) is 5.35. The zero-order chi connectivity index (χ0) is 24.8. The van der Waals surface area contributed by atoms with Gasteiger partial charge in [0.25, 0.3) is 0 Å².